The van der Waals surface area contributed by atoms with Crippen molar-refractivity contribution in [1.82, 2.24) is 29.3 Å². The minimum atomic E-state index is -1.30. The van der Waals surface area contributed by atoms with Gasteiger partial charge < -0.3 is 20.6 Å². The molecule has 5 rings (SSSR count). The number of hydrogen-bond donors (Lipinski definition) is 3. The van der Waals surface area contributed by atoms with Gasteiger partial charge >= 0.3 is 0 Å². The van der Waals surface area contributed by atoms with Crippen LogP contribution in [0.5, 0.6) is 5.75 Å². The number of nitrogens with zero attached hydrogens (tertiary/aromatic N) is 6. The molecule has 4 aromatic rings. The van der Waals surface area contributed by atoms with E-state index in [-0.39, 0.29) is 39.8 Å². The first-order valence-corrected chi connectivity index (χ1v) is 11.2. The minimum absolute atomic E-state index is 0.0831. The third-order valence-corrected chi connectivity index (χ3v) is 6.39. The summed E-state index contributed by atoms with van der Waals surface area (Å²) in [6.07, 6.45) is 8.36. The zero-order valence-corrected chi connectivity index (χ0v) is 19.6. The number of fused-ring (bicyclic) bond motifs is 2. The molecule has 4 aromatic heterocycles. The van der Waals surface area contributed by atoms with Crippen molar-refractivity contribution in [2.45, 2.75) is 39.0 Å². The Kier molecular flexibility index (Phi) is 5.12. The second-order valence-corrected chi connectivity index (χ2v) is 9.33. The normalized spacial score (nSPS) is 17.4. The number of pyridine rings is 1. The predicted molar refractivity (Wildman–Crippen MR) is 128 cm³/mol. The van der Waals surface area contributed by atoms with Gasteiger partial charge in [0.25, 0.3) is 0 Å². The number of nitrogens with one attached hydrogen (secondary N) is 1. The molecule has 0 aromatic carbocycles. The fourth-order valence-electron chi connectivity index (χ4n) is 4.17. The molecule has 4 N–H and O–H groups in total. The molecule has 0 bridgehead atoms. The number of nitrogens with two attached hydrogens (primary N) is 1. The van der Waals surface area contributed by atoms with E-state index < -0.39 is 5.41 Å². The lowest BCUT2D eigenvalue weighted by Gasteiger charge is -2.22. The Bertz CT molecular complexity index is 1450. The van der Waals surface area contributed by atoms with Crippen LogP contribution >= 0.6 is 11.6 Å². The molecule has 11 heteroatoms. The Morgan fingerprint density at radius 1 is 1.26 bits per heavy atom. The first kappa shape index (κ1) is 22.0. The van der Waals surface area contributed by atoms with E-state index >= 15 is 0 Å². The molecule has 1 unspecified atom stereocenters. The molecule has 34 heavy (non-hydrogen) atoms. The number of carbonyl (C=O) groups excluding carboxylic acids is 1. The largest absolute Gasteiger partial charge is 0.506 e. The molecule has 1 aliphatic heterocycles. The van der Waals surface area contributed by atoms with Crippen molar-refractivity contribution in [2.24, 2.45) is 5.92 Å². The quantitative estimate of drug-likeness (QED) is 0.396. The van der Waals surface area contributed by atoms with Gasteiger partial charge in [0.15, 0.2) is 11.5 Å². The summed E-state index contributed by atoms with van der Waals surface area (Å²) in [4.78, 5) is 35.6. The van der Waals surface area contributed by atoms with Crippen LogP contribution in [0.15, 0.2) is 30.9 Å². The maximum atomic E-state index is 13.1. The van der Waals surface area contributed by atoms with E-state index in [9.17, 15) is 9.90 Å². The first-order valence-electron chi connectivity index (χ1n) is 10.9. The molecule has 5 heterocycles. The highest BCUT2D eigenvalue weighted by molar-refractivity contribution is 6.31. The smallest absolute Gasteiger partial charge is 0.242 e. The van der Waals surface area contributed by atoms with Crippen molar-refractivity contribution in [1.29, 1.82) is 0 Å². The average Bonchev–Trinajstić information content (AvgIpc) is 3.36. The van der Waals surface area contributed by atoms with Gasteiger partial charge in [0.2, 0.25) is 5.91 Å². The fraction of sp³-hybridized carbons (Fsp3) is 0.304. The summed E-state index contributed by atoms with van der Waals surface area (Å²) in [6.45, 7) is 5.97. The number of anilines is 2. The molecule has 0 saturated carbocycles. The van der Waals surface area contributed by atoms with Gasteiger partial charge in [0.05, 0.1) is 17.0 Å². The second kappa shape index (κ2) is 7.91. The van der Waals surface area contributed by atoms with Crippen LogP contribution in [0.2, 0.25) is 5.02 Å². The van der Waals surface area contributed by atoms with E-state index in [1.807, 2.05) is 10.6 Å². The predicted octanol–water partition coefficient (Wildman–Crippen LogP) is 3.37. The summed E-state index contributed by atoms with van der Waals surface area (Å²) in [5, 5.41) is 12.9. The lowest BCUT2D eigenvalue weighted by Crippen LogP contribution is -2.33. The van der Waals surface area contributed by atoms with E-state index in [4.69, 9.17) is 22.3 Å². The Morgan fingerprint density at radius 2 is 2.06 bits per heavy atom. The second-order valence-electron chi connectivity index (χ2n) is 8.92. The van der Waals surface area contributed by atoms with Crippen molar-refractivity contribution in [2.75, 3.05) is 11.1 Å². The molecule has 1 amide bonds. The molecule has 174 valence electrons. The Morgan fingerprint density at radius 3 is 2.79 bits per heavy atom. The van der Waals surface area contributed by atoms with E-state index in [0.29, 0.717) is 17.2 Å². The number of aryl methyl sites for hydroxylation is 1. The molecule has 0 spiro atoms. The van der Waals surface area contributed by atoms with Crippen LogP contribution in [0.1, 0.15) is 44.1 Å². The van der Waals surface area contributed by atoms with Crippen molar-refractivity contribution in [3.8, 4) is 17.3 Å². The van der Waals surface area contributed by atoms with Crippen LogP contribution in [0, 0.1) is 5.92 Å². The number of carbonyl (C=O) groups is 1. The van der Waals surface area contributed by atoms with Crippen LogP contribution in [-0.4, -0.2) is 40.3 Å². The molecule has 1 atom stereocenters. The summed E-state index contributed by atoms with van der Waals surface area (Å²) in [7, 11) is 0. The molecule has 0 radical (unpaired) electrons. The molecule has 10 nitrogen and oxygen atoms in total. The van der Waals surface area contributed by atoms with Gasteiger partial charge in [-0.25, -0.2) is 19.9 Å². The molecule has 0 fully saturated rings. The summed E-state index contributed by atoms with van der Waals surface area (Å²) in [5.41, 5.74) is 7.89. The van der Waals surface area contributed by atoms with Crippen molar-refractivity contribution in [3.05, 3.63) is 52.8 Å². The highest BCUT2D eigenvalue weighted by Gasteiger charge is 2.49. The number of halogens is 1. The summed E-state index contributed by atoms with van der Waals surface area (Å²) in [5.74, 6) is 0.633. The van der Waals surface area contributed by atoms with Crippen molar-refractivity contribution < 1.29 is 9.90 Å². The standard InChI is InChI=1S/C23H23ClN8O2/c1-11(2)4-5-13-21-26-6-7-32(21)10-14(28-13)19-29-18(25)17-20(30-19)31-22(34)23(17,3)16-8-15(33)12(24)9-27-16/h6-11H,4-5H2,1-3H3,(H,27,33)(H3,25,29,30,31,34). The average molecular weight is 479 g/mol. The fourth-order valence-corrected chi connectivity index (χ4v) is 4.27. The summed E-state index contributed by atoms with van der Waals surface area (Å²) >= 11 is 5.90. The van der Waals surface area contributed by atoms with Crippen molar-refractivity contribution in [3.63, 3.8) is 0 Å². The maximum absolute atomic E-state index is 13.1. The topological polar surface area (TPSA) is 144 Å². The number of rotatable bonds is 5. The SMILES string of the molecule is CC(C)CCc1nc(-c2nc(N)c3c(n2)NC(=O)C3(C)c2cc(O)c(Cl)cn2)cn2ccnc12. The third kappa shape index (κ3) is 3.41. The third-order valence-electron chi connectivity index (χ3n) is 6.10. The van der Waals surface area contributed by atoms with Crippen LogP contribution in [0.25, 0.3) is 17.2 Å². The minimum Gasteiger partial charge on any atom is -0.506 e. The van der Waals surface area contributed by atoms with Crippen LogP contribution in [0.4, 0.5) is 11.6 Å². The molecule has 0 aliphatic carbocycles. The lowest BCUT2D eigenvalue weighted by molar-refractivity contribution is -0.119. The maximum Gasteiger partial charge on any atom is 0.242 e. The Labute approximate surface area is 200 Å². The van der Waals surface area contributed by atoms with Gasteiger partial charge in [-0.05, 0) is 25.7 Å². The lowest BCUT2D eigenvalue weighted by atomic mass is 9.80. The van der Waals surface area contributed by atoms with Crippen LogP contribution < -0.4 is 11.1 Å². The zero-order chi connectivity index (χ0) is 24.2. The monoisotopic (exact) mass is 478 g/mol. The first-order chi connectivity index (χ1) is 16.2. The number of aromatic hydroxyl groups is 1. The van der Waals surface area contributed by atoms with Crippen LogP contribution in [0.3, 0.4) is 0 Å². The van der Waals surface area contributed by atoms with E-state index in [2.05, 4.69) is 39.1 Å². The zero-order valence-electron chi connectivity index (χ0n) is 18.9. The summed E-state index contributed by atoms with van der Waals surface area (Å²) in [6, 6.07) is 1.35. The number of aromatic nitrogens is 6. The number of amides is 1. The molecular weight excluding hydrogens is 456 g/mol. The van der Waals surface area contributed by atoms with Gasteiger partial charge in [0.1, 0.15) is 33.5 Å². The Hall–Kier alpha value is -3.79. The van der Waals surface area contributed by atoms with E-state index in [1.165, 1.54) is 12.3 Å². The molecular formula is C23H23ClN8O2. The van der Waals surface area contributed by atoms with E-state index in [0.717, 1.165) is 24.2 Å². The number of hydrogen-bond acceptors (Lipinski definition) is 8. The number of nitrogen functional groups attached to an aromatic ring is 1. The van der Waals surface area contributed by atoms with Gasteiger partial charge in [-0.15, -0.1) is 0 Å². The van der Waals surface area contributed by atoms with Gasteiger partial charge in [-0.3, -0.25) is 9.78 Å². The van der Waals surface area contributed by atoms with E-state index in [1.54, 1.807) is 19.3 Å². The van der Waals surface area contributed by atoms with Crippen LogP contribution in [-0.2, 0) is 16.6 Å². The molecule has 0 saturated heterocycles. The van der Waals surface area contributed by atoms with Gasteiger partial charge in [-0.2, -0.15) is 0 Å². The van der Waals surface area contributed by atoms with Crippen molar-refractivity contribution >= 4 is 34.8 Å². The number of imidazole rings is 1. The highest BCUT2D eigenvalue weighted by atomic mass is 35.5. The Balaban J connectivity index is 1.62. The van der Waals surface area contributed by atoms with Gasteiger partial charge in [-0.1, -0.05) is 25.4 Å². The molecule has 1 aliphatic rings. The van der Waals surface area contributed by atoms with Gasteiger partial charge in [0, 0.05) is 30.9 Å². The summed E-state index contributed by atoms with van der Waals surface area (Å²) < 4.78 is 1.88. The highest BCUT2D eigenvalue weighted by Crippen LogP contribution is 2.45.